The third-order valence-electron chi connectivity index (χ3n) is 10.4. The first-order valence-corrected chi connectivity index (χ1v) is 23.4. The van der Waals surface area contributed by atoms with E-state index in [1.165, 1.54) is 83.5 Å². The van der Waals surface area contributed by atoms with E-state index in [-0.39, 0.29) is 32.0 Å². The number of unbranched alkanes of at least 4 members (excludes halogenated alkanes) is 17. The predicted octanol–water partition coefficient (Wildman–Crippen LogP) is 10.2. The van der Waals surface area contributed by atoms with Crippen LogP contribution in [0.4, 0.5) is 0 Å². The Kier molecular flexibility index (Phi) is 36.5. The molecule has 1 aliphatic heterocycles. The van der Waals surface area contributed by atoms with Gasteiger partial charge < -0.3 is 39.4 Å². The maximum atomic E-state index is 12.8. The number of rotatable bonds is 38. The predicted molar refractivity (Wildman–Crippen MR) is 238 cm³/mol. The number of hydrogen-bond donors (Lipinski definition) is 4. The van der Waals surface area contributed by atoms with Crippen LogP contribution in [-0.2, 0) is 28.5 Å². The van der Waals surface area contributed by atoms with E-state index in [9.17, 15) is 30.0 Å². The Morgan fingerprint density at radius 1 is 0.525 bits per heavy atom. The summed E-state index contributed by atoms with van der Waals surface area (Å²) >= 11 is 0. The number of aliphatic hydroxyl groups is 4. The van der Waals surface area contributed by atoms with Gasteiger partial charge in [-0.25, -0.2) is 0 Å². The summed E-state index contributed by atoms with van der Waals surface area (Å²) in [4.78, 5) is 25.4. The van der Waals surface area contributed by atoms with Crippen molar-refractivity contribution in [1.29, 1.82) is 0 Å². The smallest absolute Gasteiger partial charge is 0.306 e. The third kappa shape index (κ3) is 31.0. The molecule has 1 aliphatic rings. The molecule has 1 rings (SSSR count). The van der Waals surface area contributed by atoms with Crippen LogP contribution in [0, 0.1) is 0 Å². The number of ether oxygens (including phenoxy) is 4. The van der Waals surface area contributed by atoms with Gasteiger partial charge >= 0.3 is 11.9 Å². The Morgan fingerprint density at radius 3 is 1.51 bits per heavy atom. The van der Waals surface area contributed by atoms with E-state index in [1.54, 1.807) is 0 Å². The molecule has 0 radical (unpaired) electrons. The third-order valence-corrected chi connectivity index (χ3v) is 10.4. The number of allylic oxidation sites excluding steroid dienone is 10. The fourth-order valence-electron chi connectivity index (χ4n) is 6.62. The van der Waals surface area contributed by atoms with Crippen LogP contribution in [-0.4, -0.2) is 89.0 Å². The Hall–Kier alpha value is -2.60. The molecule has 2 unspecified atom stereocenters. The number of esters is 2. The first kappa shape index (κ1) is 54.4. The highest BCUT2D eigenvalue weighted by Gasteiger charge is 2.44. The van der Waals surface area contributed by atoms with Crippen molar-refractivity contribution in [3.05, 3.63) is 60.8 Å². The topological polar surface area (TPSA) is 152 Å². The van der Waals surface area contributed by atoms with Gasteiger partial charge in [0, 0.05) is 12.8 Å². The monoisotopic (exact) mass is 833 g/mol. The minimum atomic E-state index is -1.60. The maximum absolute atomic E-state index is 12.8. The highest BCUT2D eigenvalue weighted by molar-refractivity contribution is 5.70. The molecular formula is C49H84O10. The molecule has 59 heavy (non-hydrogen) atoms. The van der Waals surface area contributed by atoms with Crippen LogP contribution in [0.1, 0.15) is 181 Å². The van der Waals surface area contributed by atoms with Crippen LogP contribution in [0.3, 0.4) is 0 Å². The fourth-order valence-corrected chi connectivity index (χ4v) is 6.62. The molecule has 1 heterocycles. The van der Waals surface area contributed by atoms with Gasteiger partial charge in [-0.15, -0.1) is 0 Å². The molecule has 0 saturated carbocycles. The minimum absolute atomic E-state index is 0.190. The minimum Gasteiger partial charge on any atom is -0.462 e. The molecule has 10 heteroatoms. The second-order valence-electron chi connectivity index (χ2n) is 15.8. The van der Waals surface area contributed by atoms with Crippen LogP contribution in [0.5, 0.6) is 0 Å². The van der Waals surface area contributed by atoms with Crippen LogP contribution in [0.25, 0.3) is 0 Å². The number of carbonyl (C=O) groups is 2. The molecule has 4 N–H and O–H groups in total. The number of aliphatic hydroxyl groups excluding tert-OH is 4. The van der Waals surface area contributed by atoms with Gasteiger partial charge in [-0.2, -0.15) is 0 Å². The van der Waals surface area contributed by atoms with E-state index in [0.29, 0.717) is 6.42 Å². The van der Waals surface area contributed by atoms with E-state index in [2.05, 4.69) is 74.6 Å². The zero-order chi connectivity index (χ0) is 43.0. The van der Waals surface area contributed by atoms with Gasteiger partial charge in [0.25, 0.3) is 0 Å². The molecule has 0 spiro atoms. The second-order valence-corrected chi connectivity index (χ2v) is 15.8. The quantitative estimate of drug-likeness (QED) is 0.0269. The van der Waals surface area contributed by atoms with Gasteiger partial charge in [0.1, 0.15) is 31.0 Å². The lowest BCUT2D eigenvalue weighted by molar-refractivity contribution is -0.305. The molecule has 1 fully saturated rings. The van der Waals surface area contributed by atoms with Gasteiger partial charge in [0.2, 0.25) is 0 Å². The summed E-state index contributed by atoms with van der Waals surface area (Å²) in [5, 5.41) is 40.1. The Labute approximate surface area is 358 Å². The normalized spacial score (nSPS) is 20.5. The molecule has 1 saturated heterocycles. The van der Waals surface area contributed by atoms with E-state index in [1.807, 2.05) is 0 Å². The molecule has 0 aliphatic carbocycles. The summed E-state index contributed by atoms with van der Waals surface area (Å²) in [6.07, 6.45) is 40.8. The summed E-state index contributed by atoms with van der Waals surface area (Å²) in [6.45, 7) is 3.33. The molecule has 6 atom stereocenters. The van der Waals surface area contributed by atoms with E-state index < -0.39 is 49.4 Å². The van der Waals surface area contributed by atoms with Crippen LogP contribution >= 0.6 is 0 Å². The second kappa shape index (κ2) is 39.5. The van der Waals surface area contributed by atoms with Gasteiger partial charge in [0.15, 0.2) is 12.4 Å². The SMILES string of the molecule is CCCC/C=C/CCCCCCCCCCCC(=O)OC[C@H](CO[C@@H]1O[C@H](CO)[C@H](O)C(O)C1O)OC(=O)CCCCC/C=C/C/C=C/C/C=C/C/C=C/CCCCC. The molecule has 0 aromatic rings. The highest BCUT2D eigenvalue weighted by Crippen LogP contribution is 2.22. The summed E-state index contributed by atoms with van der Waals surface area (Å²) in [7, 11) is 0. The first-order chi connectivity index (χ1) is 28.8. The molecule has 0 amide bonds. The molecule has 340 valence electrons. The van der Waals surface area contributed by atoms with Crippen molar-refractivity contribution < 1.29 is 49.0 Å². The van der Waals surface area contributed by atoms with Crippen molar-refractivity contribution in [3.8, 4) is 0 Å². The zero-order valence-electron chi connectivity index (χ0n) is 37.0. The van der Waals surface area contributed by atoms with Crippen molar-refractivity contribution >= 4 is 11.9 Å². The largest absolute Gasteiger partial charge is 0.462 e. The van der Waals surface area contributed by atoms with Crippen LogP contribution < -0.4 is 0 Å². The van der Waals surface area contributed by atoms with Gasteiger partial charge in [0.05, 0.1) is 13.2 Å². The number of hydrogen-bond acceptors (Lipinski definition) is 10. The van der Waals surface area contributed by atoms with Crippen molar-refractivity contribution in [3.63, 3.8) is 0 Å². The van der Waals surface area contributed by atoms with Crippen molar-refractivity contribution in [2.45, 2.75) is 218 Å². The first-order valence-electron chi connectivity index (χ1n) is 23.4. The molecular weight excluding hydrogens is 749 g/mol. The lowest BCUT2D eigenvalue weighted by Gasteiger charge is -2.39. The van der Waals surface area contributed by atoms with Crippen molar-refractivity contribution in [1.82, 2.24) is 0 Å². The van der Waals surface area contributed by atoms with Gasteiger partial charge in [-0.1, -0.05) is 152 Å². The van der Waals surface area contributed by atoms with E-state index in [4.69, 9.17) is 18.9 Å². The number of carbonyl (C=O) groups excluding carboxylic acids is 2. The van der Waals surface area contributed by atoms with Crippen LogP contribution in [0.15, 0.2) is 60.8 Å². The zero-order valence-corrected chi connectivity index (χ0v) is 37.0. The van der Waals surface area contributed by atoms with Crippen molar-refractivity contribution in [2.75, 3.05) is 19.8 Å². The Balaban J connectivity index is 2.35. The average Bonchev–Trinajstić information content (AvgIpc) is 3.23. The van der Waals surface area contributed by atoms with Crippen molar-refractivity contribution in [2.24, 2.45) is 0 Å². The molecule has 0 aromatic carbocycles. The molecule has 0 bridgehead atoms. The highest BCUT2D eigenvalue weighted by atomic mass is 16.7. The van der Waals surface area contributed by atoms with Crippen LogP contribution in [0.2, 0.25) is 0 Å². The summed E-state index contributed by atoms with van der Waals surface area (Å²) in [5.74, 6) is -0.847. The maximum Gasteiger partial charge on any atom is 0.306 e. The lowest BCUT2D eigenvalue weighted by atomic mass is 9.99. The summed E-state index contributed by atoms with van der Waals surface area (Å²) in [5.41, 5.74) is 0. The van der Waals surface area contributed by atoms with Gasteiger partial charge in [-0.05, 0) is 77.0 Å². The van der Waals surface area contributed by atoms with E-state index >= 15 is 0 Å². The van der Waals surface area contributed by atoms with Gasteiger partial charge in [-0.3, -0.25) is 9.59 Å². The lowest BCUT2D eigenvalue weighted by Crippen LogP contribution is -2.59. The average molecular weight is 833 g/mol. The molecule has 10 nitrogen and oxygen atoms in total. The van der Waals surface area contributed by atoms with E-state index in [0.717, 1.165) is 64.2 Å². The fraction of sp³-hybridized carbons (Fsp3) is 0.755. The Bertz CT molecular complexity index is 1150. The molecule has 0 aromatic heterocycles. The standard InChI is InChI=1S/C49H84O10/c1-3-5-7-9-11-13-15-17-19-20-21-22-24-26-28-30-32-34-36-38-45(52)58-42(41-57-49-48(55)47(54)46(53)43(39-50)59-49)40-56-44(51)37-35-33-31-29-27-25-23-18-16-14-12-10-8-6-4-2/h10-13,17,19,21-22,26,28,42-43,46-50,53-55H,3-9,14-16,18,20,23-25,27,29-41H2,1-2H3/b12-10+,13-11+,19-17+,22-21+,28-26+/t42-,43-,46+,47?,48?,49-/m1/s1. The Morgan fingerprint density at radius 2 is 0.966 bits per heavy atom. The summed E-state index contributed by atoms with van der Waals surface area (Å²) in [6, 6.07) is 0. The summed E-state index contributed by atoms with van der Waals surface area (Å²) < 4.78 is 22.1.